The van der Waals surface area contributed by atoms with Crippen LogP contribution in [-0.2, 0) is 11.3 Å². The van der Waals surface area contributed by atoms with Gasteiger partial charge in [0.2, 0.25) is 0 Å². The number of ether oxygens (including phenoxy) is 1. The fraction of sp³-hybridized carbons (Fsp3) is 0.400. The summed E-state index contributed by atoms with van der Waals surface area (Å²) in [5, 5.41) is 11.0. The summed E-state index contributed by atoms with van der Waals surface area (Å²) in [6, 6.07) is 5.82. The minimum Gasteiger partial charge on any atom is -0.477 e. The maximum atomic E-state index is 11.2. The monoisotopic (exact) mass is 307 g/mol. The van der Waals surface area contributed by atoms with Crippen LogP contribution in [-0.4, -0.2) is 35.7 Å². The van der Waals surface area contributed by atoms with Gasteiger partial charge in [0.15, 0.2) is 0 Å². The highest BCUT2D eigenvalue weighted by Crippen LogP contribution is 2.29. The number of aromatic carboxylic acids is 1. The van der Waals surface area contributed by atoms with Crippen molar-refractivity contribution in [1.82, 2.24) is 4.90 Å². The normalized spacial score (nSPS) is 19.8. The molecule has 1 aliphatic heterocycles. The minimum atomic E-state index is -0.862. The second-order valence-corrected chi connectivity index (χ2v) is 6.01. The summed E-state index contributed by atoms with van der Waals surface area (Å²) >= 11 is 1.27. The van der Waals surface area contributed by atoms with Gasteiger partial charge in [-0.25, -0.2) is 4.79 Å². The number of hydrogen-bond acceptors (Lipinski definition) is 5. The lowest BCUT2D eigenvalue weighted by atomic mass is 10.1. The van der Waals surface area contributed by atoms with Crippen LogP contribution in [0, 0.1) is 6.92 Å². The van der Waals surface area contributed by atoms with Crippen LogP contribution in [0.2, 0.25) is 0 Å². The molecule has 3 heterocycles. The summed E-state index contributed by atoms with van der Waals surface area (Å²) in [7, 11) is 0. The number of furan rings is 1. The van der Waals surface area contributed by atoms with Gasteiger partial charge in [-0.05, 0) is 36.1 Å². The van der Waals surface area contributed by atoms with Crippen molar-refractivity contribution < 1.29 is 19.1 Å². The summed E-state index contributed by atoms with van der Waals surface area (Å²) in [4.78, 5) is 13.9. The first-order chi connectivity index (χ1) is 10.1. The van der Waals surface area contributed by atoms with Crippen LogP contribution in [0.15, 0.2) is 28.0 Å². The van der Waals surface area contributed by atoms with E-state index in [1.165, 1.54) is 11.3 Å². The van der Waals surface area contributed by atoms with Gasteiger partial charge in [0.25, 0.3) is 0 Å². The molecule has 0 radical (unpaired) electrons. The quantitative estimate of drug-likeness (QED) is 0.941. The molecule has 2 aromatic heterocycles. The predicted molar refractivity (Wildman–Crippen MR) is 78.7 cm³/mol. The third-order valence-electron chi connectivity index (χ3n) is 3.64. The second-order valence-electron chi connectivity index (χ2n) is 5.09. The highest BCUT2D eigenvalue weighted by molar-refractivity contribution is 7.12. The van der Waals surface area contributed by atoms with E-state index in [0.717, 1.165) is 23.6 Å². The molecule has 0 amide bonds. The van der Waals surface area contributed by atoms with Gasteiger partial charge in [-0.3, -0.25) is 4.90 Å². The van der Waals surface area contributed by atoms with Crippen LogP contribution in [0.5, 0.6) is 0 Å². The Morgan fingerprint density at radius 2 is 2.33 bits per heavy atom. The third-order valence-corrected chi connectivity index (χ3v) is 4.59. The van der Waals surface area contributed by atoms with Crippen LogP contribution in [0.4, 0.5) is 0 Å². The molecular weight excluding hydrogens is 290 g/mol. The molecule has 0 aromatic carbocycles. The fourth-order valence-corrected chi connectivity index (χ4v) is 3.34. The number of rotatable bonds is 4. The molecule has 0 saturated carbocycles. The van der Waals surface area contributed by atoms with Crippen LogP contribution in [0.1, 0.15) is 32.8 Å². The van der Waals surface area contributed by atoms with Gasteiger partial charge in [0, 0.05) is 13.1 Å². The number of carboxylic acids is 1. The van der Waals surface area contributed by atoms with E-state index in [4.69, 9.17) is 9.15 Å². The van der Waals surface area contributed by atoms with E-state index in [1.807, 2.05) is 30.5 Å². The Labute approximate surface area is 126 Å². The van der Waals surface area contributed by atoms with Crippen LogP contribution in [0.3, 0.4) is 0 Å². The lowest BCUT2D eigenvalue weighted by molar-refractivity contribution is -0.0205. The predicted octanol–water partition coefficient (Wildman–Crippen LogP) is 2.92. The molecule has 21 heavy (non-hydrogen) atoms. The smallest absolute Gasteiger partial charge is 0.346 e. The van der Waals surface area contributed by atoms with Crippen molar-refractivity contribution in [1.29, 1.82) is 0 Å². The SMILES string of the molecule is Cc1ccc(C2COCCN2Cc2ccsc2C(=O)O)o1. The van der Waals surface area contributed by atoms with Crippen molar-refractivity contribution >= 4 is 17.3 Å². The Hall–Kier alpha value is -1.63. The molecule has 112 valence electrons. The lowest BCUT2D eigenvalue weighted by Crippen LogP contribution is -2.39. The number of morpholine rings is 1. The molecule has 0 bridgehead atoms. The Morgan fingerprint density at radius 3 is 3.05 bits per heavy atom. The highest BCUT2D eigenvalue weighted by Gasteiger charge is 2.28. The third kappa shape index (κ3) is 3.02. The van der Waals surface area contributed by atoms with Crippen molar-refractivity contribution in [2.45, 2.75) is 19.5 Å². The van der Waals surface area contributed by atoms with Gasteiger partial charge < -0.3 is 14.3 Å². The van der Waals surface area contributed by atoms with Gasteiger partial charge in [-0.15, -0.1) is 11.3 Å². The molecule has 5 nitrogen and oxygen atoms in total. The Balaban J connectivity index is 1.81. The van der Waals surface area contributed by atoms with Crippen molar-refractivity contribution in [3.05, 3.63) is 45.5 Å². The molecule has 3 rings (SSSR count). The zero-order chi connectivity index (χ0) is 14.8. The number of carbonyl (C=O) groups is 1. The van der Waals surface area contributed by atoms with Gasteiger partial charge in [-0.2, -0.15) is 0 Å². The first kappa shape index (κ1) is 14.3. The topological polar surface area (TPSA) is 62.9 Å². The van der Waals surface area contributed by atoms with Crippen molar-refractivity contribution in [2.24, 2.45) is 0 Å². The average molecular weight is 307 g/mol. The molecule has 0 aliphatic carbocycles. The standard InChI is InChI=1S/C15H17NO4S/c1-10-2-3-13(20-10)12-9-19-6-5-16(12)8-11-4-7-21-14(11)15(17)18/h2-4,7,12H,5-6,8-9H2,1H3,(H,17,18). The largest absolute Gasteiger partial charge is 0.477 e. The van der Waals surface area contributed by atoms with Gasteiger partial charge in [0.1, 0.15) is 16.4 Å². The van der Waals surface area contributed by atoms with Crippen LogP contribution in [0.25, 0.3) is 0 Å². The van der Waals surface area contributed by atoms with Crippen LogP contribution < -0.4 is 0 Å². The molecule has 1 aliphatic rings. The molecule has 1 unspecified atom stereocenters. The van der Waals surface area contributed by atoms with E-state index in [1.54, 1.807) is 0 Å². The summed E-state index contributed by atoms with van der Waals surface area (Å²) < 4.78 is 11.3. The average Bonchev–Trinajstić information content (AvgIpc) is 3.08. The van der Waals surface area contributed by atoms with Crippen molar-refractivity contribution in [3.63, 3.8) is 0 Å². The van der Waals surface area contributed by atoms with Gasteiger partial charge >= 0.3 is 5.97 Å². The lowest BCUT2D eigenvalue weighted by Gasteiger charge is -2.34. The number of hydrogen-bond donors (Lipinski definition) is 1. The first-order valence-electron chi connectivity index (χ1n) is 6.83. The molecule has 2 aromatic rings. The number of aryl methyl sites for hydroxylation is 1. The van der Waals surface area contributed by atoms with Gasteiger partial charge in [-0.1, -0.05) is 0 Å². The molecule has 1 fully saturated rings. The molecule has 1 saturated heterocycles. The molecule has 1 N–H and O–H groups in total. The molecule has 1 atom stereocenters. The summed E-state index contributed by atoms with van der Waals surface area (Å²) in [6.45, 7) is 4.50. The van der Waals surface area contributed by atoms with E-state index in [-0.39, 0.29) is 6.04 Å². The van der Waals surface area contributed by atoms with Crippen molar-refractivity contribution in [3.8, 4) is 0 Å². The maximum Gasteiger partial charge on any atom is 0.346 e. The summed E-state index contributed by atoms with van der Waals surface area (Å²) in [5.41, 5.74) is 0.850. The van der Waals surface area contributed by atoms with E-state index in [2.05, 4.69) is 4.90 Å². The summed E-state index contributed by atoms with van der Waals surface area (Å²) in [6.07, 6.45) is 0. The number of thiophene rings is 1. The first-order valence-corrected chi connectivity index (χ1v) is 7.71. The van der Waals surface area contributed by atoms with E-state index < -0.39 is 5.97 Å². The molecule has 6 heteroatoms. The molecule has 0 spiro atoms. The van der Waals surface area contributed by atoms with Crippen LogP contribution >= 0.6 is 11.3 Å². The fourth-order valence-electron chi connectivity index (χ4n) is 2.59. The molecular formula is C15H17NO4S. The second kappa shape index (κ2) is 6.01. The Kier molecular flexibility index (Phi) is 4.10. The van der Waals surface area contributed by atoms with E-state index in [9.17, 15) is 9.90 Å². The summed E-state index contributed by atoms with van der Waals surface area (Å²) in [5.74, 6) is 0.884. The zero-order valence-corrected chi connectivity index (χ0v) is 12.6. The minimum absolute atomic E-state index is 0.0361. The maximum absolute atomic E-state index is 11.2. The number of carboxylic acid groups (broad SMARTS) is 1. The Bertz CT molecular complexity index is 633. The van der Waals surface area contributed by atoms with Crippen molar-refractivity contribution in [2.75, 3.05) is 19.8 Å². The highest BCUT2D eigenvalue weighted by atomic mass is 32.1. The van der Waals surface area contributed by atoms with E-state index >= 15 is 0 Å². The zero-order valence-electron chi connectivity index (χ0n) is 11.7. The van der Waals surface area contributed by atoms with E-state index in [0.29, 0.717) is 24.6 Å². The Morgan fingerprint density at radius 1 is 1.48 bits per heavy atom. The number of nitrogens with zero attached hydrogens (tertiary/aromatic N) is 1. The van der Waals surface area contributed by atoms with Gasteiger partial charge in [0.05, 0.1) is 19.3 Å².